The fraction of sp³-hybridized carbons (Fsp3) is 0.368. The number of nitrogens with one attached hydrogen (secondary N) is 2. The predicted molar refractivity (Wildman–Crippen MR) is 91.0 cm³/mol. The van der Waals surface area contributed by atoms with Crippen molar-refractivity contribution in [3.05, 3.63) is 47.5 Å². The second-order valence-electron chi connectivity index (χ2n) is 6.59. The van der Waals surface area contributed by atoms with Crippen LogP contribution in [0.1, 0.15) is 17.0 Å². The van der Waals surface area contributed by atoms with Crippen molar-refractivity contribution in [1.82, 2.24) is 5.32 Å². The molecule has 1 fully saturated rings. The number of benzene rings is 2. The third-order valence-corrected chi connectivity index (χ3v) is 5.18. The Morgan fingerprint density at radius 3 is 2.64 bits per heavy atom. The molecule has 2 aliphatic heterocycles. The highest BCUT2D eigenvalue weighted by molar-refractivity contribution is 5.77. The molecule has 0 aromatic heterocycles. The van der Waals surface area contributed by atoms with Gasteiger partial charge in [-0.1, -0.05) is 18.2 Å². The van der Waals surface area contributed by atoms with Crippen LogP contribution in [0.4, 0.5) is 18.9 Å². The number of alkyl halides is 3. The lowest BCUT2D eigenvalue weighted by molar-refractivity contribution is -0.137. The van der Waals surface area contributed by atoms with E-state index in [9.17, 15) is 13.2 Å². The highest BCUT2D eigenvalue weighted by Gasteiger charge is 2.37. The molecule has 6 heteroatoms. The molecule has 25 heavy (non-hydrogen) atoms. The van der Waals surface area contributed by atoms with Gasteiger partial charge in [0.1, 0.15) is 5.75 Å². The standard InChI is InChI=1S/C19H19F3N2O/c1-25-17-7-11(13-4-2-3-5-16(13)19(20,21)22)6-14-15-10-23-8-12(15)9-24-18(14)17/h2-7,12,15,23-24H,8-10H2,1H3/t12-,15-/m1/s1. The van der Waals surface area contributed by atoms with Gasteiger partial charge < -0.3 is 15.4 Å². The molecule has 4 rings (SSSR count). The van der Waals surface area contributed by atoms with Gasteiger partial charge in [0.2, 0.25) is 0 Å². The zero-order valence-electron chi connectivity index (χ0n) is 13.8. The van der Waals surface area contributed by atoms with Gasteiger partial charge in [0, 0.05) is 25.6 Å². The quantitative estimate of drug-likeness (QED) is 0.857. The number of ether oxygens (including phenoxy) is 1. The summed E-state index contributed by atoms with van der Waals surface area (Å²) in [6, 6.07) is 9.28. The molecule has 2 atom stereocenters. The van der Waals surface area contributed by atoms with E-state index in [1.165, 1.54) is 12.1 Å². The molecule has 1 saturated heterocycles. The van der Waals surface area contributed by atoms with E-state index >= 15 is 0 Å². The molecule has 0 spiro atoms. The number of fused-ring (bicyclic) bond motifs is 3. The Hall–Kier alpha value is -2.21. The second-order valence-corrected chi connectivity index (χ2v) is 6.59. The Labute approximate surface area is 144 Å². The lowest BCUT2D eigenvalue weighted by Crippen LogP contribution is -2.27. The first-order valence-corrected chi connectivity index (χ1v) is 8.32. The van der Waals surface area contributed by atoms with Crippen LogP contribution < -0.4 is 15.4 Å². The number of anilines is 1. The molecule has 0 amide bonds. The predicted octanol–water partition coefficient (Wildman–Crippen LogP) is 4.11. The molecule has 3 nitrogen and oxygen atoms in total. The van der Waals surface area contributed by atoms with E-state index in [1.54, 1.807) is 19.2 Å². The van der Waals surface area contributed by atoms with Crippen LogP contribution in [-0.2, 0) is 6.18 Å². The van der Waals surface area contributed by atoms with Crippen molar-refractivity contribution in [3.63, 3.8) is 0 Å². The molecule has 0 unspecified atom stereocenters. The van der Waals surface area contributed by atoms with Crippen molar-refractivity contribution in [1.29, 1.82) is 0 Å². The van der Waals surface area contributed by atoms with E-state index in [2.05, 4.69) is 10.6 Å². The minimum absolute atomic E-state index is 0.184. The van der Waals surface area contributed by atoms with E-state index in [4.69, 9.17) is 4.74 Å². The average Bonchev–Trinajstić information content (AvgIpc) is 3.09. The van der Waals surface area contributed by atoms with Gasteiger partial charge in [-0.25, -0.2) is 0 Å². The molecular weight excluding hydrogens is 329 g/mol. The Kier molecular flexibility index (Phi) is 3.87. The van der Waals surface area contributed by atoms with Gasteiger partial charge in [-0.15, -0.1) is 0 Å². The number of methoxy groups -OCH3 is 1. The molecule has 2 aliphatic rings. The zero-order valence-corrected chi connectivity index (χ0v) is 13.8. The summed E-state index contributed by atoms with van der Waals surface area (Å²) in [5, 5.41) is 6.77. The van der Waals surface area contributed by atoms with Crippen molar-refractivity contribution < 1.29 is 17.9 Å². The molecule has 0 radical (unpaired) electrons. The highest BCUT2D eigenvalue weighted by Crippen LogP contribution is 2.46. The summed E-state index contributed by atoms with van der Waals surface area (Å²) < 4.78 is 45.7. The van der Waals surface area contributed by atoms with E-state index in [1.807, 2.05) is 6.07 Å². The lowest BCUT2D eigenvalue weighted by atomic mass is 9.82. The zero-order chi connectivity index (χ0) is 17.6. The van der Waals surface area contributed by atoms with E-state index in [-0.39, 0.29) is 5.56 Å². The van der Waals surface area contributed by atoms with Crippen molar-refractivity contribution in [2.45, 2.75) is 12.1 Å². The third-order valence-electron chi connectivity index (χ3n) is 5.18. The van der Waals surface area contributed by atoms with Crippen LogP contribution in [0.2, 0.25) is 0 Å². The summed E-state index contributed by atoms with van der Waals surface area (Å²) in [6.07, 6.45) is -4.39. The number of rotatable bonds is 2. The molecule has 0 bridgehead atoms. The maximum absolute atomic E-state index is 13.4. The molecule has 2 aromatic rings. The van der Waals surface area contributed by atoms with Crippen molar-refractivity contribution in [3.8, 4) is 16.9 Å². The van der Waals surface area contributed by atoms with Crippen molar-refractivity contribution in [2.75, 3.05) is 32.1 Å². The Morgan fingerprint density at radius 1 is 1.08 bits per heavy atom. The smallest absolute Gasteiger partial charge is 0.417 e. The Morgan fingerprint density at radius 2 is 1.88 bits per heavy atom. The fourth-order valence-corrected chi connectivity index (χ4v) is 3.96. The molecule has 2 aromatic carbocycles. The molecule has 132 valence electrons. The van der Waals surface area contributed by atoms with Crippen LogP contribution in [0, 0.1) is 5.92 Å². The van der Waals surface area contributed by atoms with Gasteiger partial charge >= 0.3 is 6.18 Å². The molecular formula is C19H19F3N2O. The SMILES string of the molecule is COc1cc(-c2ccccc2C(F)(F)F)cc2c1NC[C@H]1CNC[C@@H]21. The molecule has 2 heterocycles. The summed E-state index contributed by atoms with van der Waals surface area (Å²) in [6.45, 7) is 2.61. The van der Waals surface area contributed by atoms with Gasteiger partial charge in [0.05, 0.1) is 18.4 Å². The normalized spacial score (nSPS) is 22.1. The van der Waals surface area contributed by atoms with Crippen LogP contribution >= 0.6 is 0 Å². The number of hydrogen-bond acceptors (Lipinski definition) is 3. The van der Waals surface area contributed by atoms with Gasteiger partial charge in [0.15, 0.2) is 0 Å². The van der Waals surface area contributed by atoms with Gasteiger partial charge in [-0.3, -0.25) is 0 Å². The minimum atomic E-state index is -4.39. The Balaban J connectivity index is 1.89. The first kappa shape index (κ1) is 16.3. The van der Waals surface area contributed by atoms with E-state index in [0.717, 1.165) is 37.0 Å². The second kappa shape index (κ2) is 5.95. The van der Waals surface area contributed by atoms with E-state index in [0.29, 0.717) is 23.1 Å². The summed E-state index contributed by atoms with van der Waals surface area (Å²) in [5.74, 6) is 1.34. The average molecular weight is 348 g/mol. The van der Waals surface area contributed by atoms with Gasteiger partial charge in [-0.05, 0) is 40.8 Å². The van der Waals surface area contributed by atoms with Crippen LogP contribution in [0.15, 0.2) is 36.4 Å². The first-order chi connectivity index (χ1) is 12.0. The van der Waals surface area contributed by atoms with Crippen LogP contribution in [-0.4, -0.2) is 26.7 Å². The first-order valence-electron chi connectivity index (χ1n) is 8.32. The molecule has 0 aliphatic carbocycles. The summed E-state index contributed by atoms with van der Waals surface area (Å²) in [5.41, 5.74) is 2.04. The van der Waals surface area contributed by atoms with Gasteiger partial charge in [-0.2, -0.15) is 13.2 Å². The molecule has 0 saturated carbocycles. The van der Waals surface area contributed by atoms with Crippen molar-refractivity contribution in [2.24, 2.45) is 5.92 Å². The largest absolute Gasteiger partial charge is 0.495 e. The fourth-order valence-electron chi connectivity index (χ4n) is 3.96. The monoisotopic (exact) mass is 348 g/mol. The molecule has 2 N–H and O–H groups in total. The Bertz CT molecular complexity index is 804. The third kappa shape index (κ3) is 2.74. The number of halogens is 3. The lowest BCUT2D eigenvalue weighted by Gasteiger charge is -2.31. The van der Waals surface area contributed by atoms with Crippen LogP contribution in [0.5, 0.6) is 5.75 Å². The van der Waals surface area contributed by atoms with Gasteiger partial charge in [0.25, 0.3) is 0 Å². The number of hydrogen-bond donors (Lipinski definition) is 2. The minimum Gasteiger partial charge on any atom is -0.495 e. The van der Waals surface area contributed by atoms with Crippen LogP contribution in [0.25, 0.3) is 11.1 Å². The maximum atomic E-state index is 13.4. The van der Waals surface area contributed by atoms with Crippen LogP contribution in [0.3, 0.4) is 0 Å². The highest BCUT2D eigenvalue weighted by atomic mass is 19.4. The van der Waals surface area contributed by atoms with Crippen molar-refractivity contribution >= 4 is 5.69 Å². The topological polar surface area (TPSA) is 33.3 Å². The summed E-state index contributed by atoms with van der Waals surface area (Å²) >= 11 is 0. The summed E-state index contributed by atoms with van der Waals surface area (Å²) in [7, 11) is 1.55. The summed E-state index contributed by atoms with van der Waals surface area (Å²) in [4.78, 5) is 0. The van der Waals surface area contributed by atoms with E-state index < -0.39 is 11.7 Å². The maximum Gasteiger partial charge on any atom is 0.417 e.